The zero-order chi connectivity index (χ0) is 25.9. The molecule has 36 heavy (non-hydrogen) atoms. The number of nitrogens with zero attached hydrogens (tertiary/aromatic N) is 2. The Morgan fingerprint density at radius 3 is 2.03 bits per heavy atom. The SMILES string of the molecule is CN(C)C1=N[C@@H]2[C@@H](OCc3ccccc3)[C@H](O[Si](C)(C)C(C)(C)C)[C@@H](COCc3ccccc3)[C@@H]2O1. The number of benzene rings is 2. The quantitative estimate of drug-likeness (QED) is 0.417. The second kappa shape index (κ2) is 11.0. The molecule has 0 radical (unpaired) electrons. The van der Waals surface area contributed by atoms with E-state index >= 15 is 0 Å². The molecular weight excluding hydrogens is 468 g/mol. The summed E-state index contributed by atoms with van der Waals surface area (Å²) in [5.74, 6) is 0.00908. The molecule has 0 spiro atoms. The van der Waals surface area contributed by atoms with Gasteiger partial charge >= 0.3 is 0 Å². The van der Waals surface area contributed by atoms with Crippen molar-refractivity contribution < 1.29 is 18.6 Å². The molecule has 0 aromatic heterocycles. The summed E-state index contributed by atoms with van der Waals surface area (Å²) < 4.78 is 26.4. The van der Waals surface area contributed by atoms with Crippen LogP contribution in [0, 0.1) is 5.92 Å². The summed E-state index contributed by atoms with van der Waals surface area (Å²) >= 11 is 0. The van der Waals surface area contributed by atoms with Crippen molar-refractivity contribution in [2.24, 2.45) is 10.9 Å². The van der Waals surface area contributed by atoms with Crippen LogP contribution in [0.1, 0.15) is 31.9 Å². The molecule has 4 rings (SSSR count). The van der Waals surface area contributed by atoms with Gasteiger partial charge in [-0.25, -0.2) is 4.99 Å². The van der Waals surface area contributed by atoms with Crippen LogP contribution in [-0.2, 0) is 31.9 Å². The van der Waals surface area contributed by atoms with Gasteiger partial charge < -0.3 is 23.5 Å². The van der Waals surface area contributed by atoms with Crippen molar-refractivity contribution in [3.63, 3.8) is 0 Å². The summed E-state index contributed by atoms with van der Waals surface area (Å²) in [4.78, 5) is 6.91. The Morgan fingerprint density at radius 1 is 0.889 bits per heavy atom. The zero-order valence-corrected chi connectivity index (χ0v) is 23.8. The van der Waals surface area contributed by atoms with E-state index in [2.05, 4.69) is 58.1 Å². The molecule has 6 nitrogen and oxygen atoms in total. The van der Waals surface area contributed by atoms with Crippen LogP contribution >= 0.6 is 0 Å². The monoisotopic (exact) mass is 510 g/mol. The highest BCUT2D eigenvalue weighted by molar-refractivity contribution is 6.74. The van der Waals surface area contributed by atoms with Crippen LogP contribution in [-0.4, -0.2) is 64.3 Å². The minimum absolute atomic E-state index is 0.00908. The highest BCUT2D eigenvalue weighted by Crippen LogP contribution is 2.45. The number of amidine groups is 1. The number of rotatable bonds is 9. The zero-order valence-electron chi connectivity index (χ0n) is 22.8. The van der Waals surface area contributed by atoms with E-state index in [1.807, 2.05) is 55.4 Å². The smallest absolute Gasteiger partial charge is 0.287 e. The predicted octanol–water partition coefficient (Wildman–Crippen LogP) is 5.49. The summed E-state index contributed by atoms with van der Waals surface area (Å²) in [6, 6.07) is 21.1. The molecular formula is C29H42N2O4Si. The van der Waals surface area contributed by atoms with E-state index in [1.54, 1.807) is 0 Å². The van der Waals surface area contributed by atoms with Gasteiger partial charge in [-0.05, 0) is 29.3 Å². The fourth-order valence-corrected chi connectivity index (χ4v) is 5.92. The van der Waals surface area contributed by atoms with E-state index in [9.17, 15) is 0 Å². The Morgan fingerprint density at radius 2 is 1.47 bits per heavy atom. The number of fused-ring (bicyclic) bond motifs is 1. The lowest BCUT2D eigenvalue weighted by Gasteiger charge is -2.41. The number of ether oxygens (including phenoxy) is 3. The number of hydrogen-bond donors (Lipinski definition) is 0. The standard InChI is InChI=1S/C29H42N2O4Si/c1-29(2,3)36(6,7)35-26-23(20-32-18-21-14-10-8-11-15-21)25-24(30-28(34-25)31(4)5)27(26)33-19-22-16-12-9-13-17-22/h8-17,23-27H,18-20H2,1-7H3/t23-,24-,25-,26+,27+/m0/s1. The fourth-order valence-electron chi connectivity index (χ4n) is 4.58. The molecule has 1 aliphatic heterocycles. The molecule has 1 aliphatic carbocycles. The summed E-state index contributed by atoms with van der Waals surface area (Å²) in [5, 5.41) is 0.0725. The van der Waals surface area contributed by atoms with E-state index in [-0.39, 0.29) is 35.3 Å². The third kappa shape index (κ3) is 6.02. The summed E-state index contributed by atoms with van der Waals surface area (Å²) in [5.41, 5.74) is 2.29. The molecule has 1 saturated carbocycles. The fraction of sp³-hybridized carbons (Fsp3) is 0.552. The van der Waals surface area contributed by atoms with Gasteiger partial charge in [0.1, 0.15) is 18.2 Å². The second-order valence-corrected chi connectivity index (χ2v) is 16.4. The van der Waals surface area contributed by atoms with E-state index in [0.29, 0.717) is 25.8 Å². The van der Waals surface area contributed by atoms with Crippen molar-refractivity contribution in [2.45, 2.75) is 76.5 Å². The molecule has 1 fully saturated rings. The molecule has 2 aromatic carbocycles. The maximum absolute atomic E-state index is 7.08. The summed E-state index contributed by atoms with van der Waals surface area (Å²) in [6.07, 6.45) is -0.520. The Kier molecular flexibility index (Phi) is 8.24. The van der Waals surface area contributed by atoms with Gasteiger partial charge in [-0.15, -0.1) is 0 Å². The molecule has 0 amide bonds. The summed E-state index contributed by atoms with van der Waals surface area (Å²) in [6.45, 7) is 13.0. The van der Waals surface area contributed by atoms with E-state index in [4.69, 9.17) is 23.6 Å². The average Bonchev–Trinajstić information content (AvgIpc) is 3.37. The first-order valence-corrected chi connectivity index (χ1v) is 15.8. The molecule has 0 N–H and O–H groups in total. The third-order valence-electron chi connectivity index (χ3n) is 7.67. The van der Waals surface area contributed by atoms with Crippen molar-refractivity contribution in [3.05, 3.63) is 71.8 Å². The van der Waals surface area contributed by atoms with Crippen LogP contribution in [0.3, 0.4) is 0 Å². The van der Waals surface area contributed by atoms with Crippen LogP contribution in [0.4, 0.5) is 0 Å². The van der Waals surface area contributed by atoms with E-state index < -0.39 is 8.32 Å². The van der Waals surface area contributed by atoms with Gasteiger partial charge in [-0.2, -0.15) is 0 Å². The van der Waals surface area contributed by atoms with Gasteiger partial charge in [0, 0.05) is 20.0 Å². The van der Waals surface area contributed by atoms with Crippen LogP contribution < -0.4 is 0 Å². The Labute approximate surface area is 217 Å². The molecule has 7 heteroatoms. The highest BCUT2D eigenvalue weighted by atomic mass is 28.4. The van der Waals surface area contributed by atoms with E-state index in [0.717, 1.165) is 11.1 Å². The first-order valence-electron chi connectivity index (χ1n) is 12.9. The molecule has 196 valence electrons. The molecule has 1 heterocycles. The topological polar surface area (TPSA) is 52.5 Å². The van der Waals surface area contributed by atoms with Crippen LogP contribution in [0.25, 0.3) is 0 Å². The number of hydrogen-bond acceptors (Lipinski definition) is 6. The second-order valence-electron chi connectivity index (χ2n) is 11.6. The number of aliphatic imine (C=N–C) groups is 1. The largest absolute Gasteiger partial charge is 0.459 e. The molecule has 2 aliphatic rings. The lowest BCUT2D eigenvalue weighted by molar-refractivity contribution is -0.0551. The predicted molar refractivity (Wildman–Crippen MR) is 146 cm³/mol. The van der Waals surface area contributed by atoms with Gasteiger partial charge in [0.2, 0.25) is 0 Å². The molecule has 0 unspecified atom stereocenters. The van der Waals surface area contributed by atoms with Gasteiger partial charge in [0.15, 0.2) is 8.32 Å². The highest BCUT2D eigenvalue weighted by Gasteiger charge is 2.58. The maximum Gasteiger partial charge on any atom is 0.287 e. The van der Waals surface area contributed by atoms with Crippen LogP contribution in [0.15, 0.2) is 65.7 Å². The van der Waals surface area contributed by atoms with Crippen molar-refractivity contribution in [1.29, 1.82) is 0 Å². The maximum atomic E-state index is 7.08. The van der Waals surface area contributed by atoms with E-state index in [1.165, 1.54) is 0 Å². The Hall–Kier alpha value is -2.19. The van der Waals surface area contributed by atoms with Crippen molar-refractivity contribution in [2.75, 3.05) is 20.7 Å². The van der Waals surface area contributed by atoms with Crippen molar-refractivity contribution >= 4 is 14.3 Å². The molecule has 2 aromatic rings. The molecule has 0 bridgehead atoms. The van der Waals surface area contributed by atoms with Gasteiger partial charge in [0.05, 0.1) is 25.9 Å². The lowest BCUT2D eigenvalue weighted by atomic mass is 10.0. The first-order chi connectivity index (χ1) is 17.1. The first kappa shape index (κ1) is 26.9. The average molecular weight is 511 g/mol. The molecule has 5 atom stereocenters. The van der Waals surface area contributed by atoms with Gasteiger partial charge in [-0.3, -0.25) is 0 Å². The summed E-state index contributed by atoms with van der Waals surface area (Å²) in [7, 11) is 1.82. The lowest BCUT2D eigenvalue weighted by Crippen LogP contribution is -2.49. The minimum Gasteiger partial charge on any atom is -0.459 e. The van der Waals surface area contributed by atoms with Crippen LogP contribution in [0.2, 0.25) is 18.1 Å². The third-order valence-corrected chi connectivity index (χ3v) is 12.1. The van der Waals surface area contributed by atoms with Crippen LogP contribution in [0.5, 0.6) is 0 Å². The van der Waals surface area contributed by atoms with Gasteiger partial charge in [-0.1, -0.05) is 81.4 Å². The molecule has 0 saturated heterocycles. The van der Waals surface area contributed by atoms with Crippen molar-refractivity contribution in [1.82, 2.24) is 4.90 Å². The Bertz CT molecular complexity index is 1010. The van der Waals surface area contributed by atoms with Crippen molar-refractivity contribution in [3.8, 4) is 0 Å². The van der Waals surface area contributed by atoms with Gasteiger partial charge in [0.25, 0.3) is 6.02 Å². The normalized spacial score (nSPS) is 25.9. The minimum atomic E-state index is -2.10. The Balaban J connectivity index is 1.60.